The van der Waals surface area contributed by atoms with E-state index in [9.17, 15) is 4.79 Å². The molecule has 0 aromatic carbocycles. The Balaban J connectivity index is 3.15. The highest BCUT2D eigenvalue weighted by Crippen LogP contribution is 2.05. The fraction of sp³-hybridized carbons (Fsp3) is 0. The molecule has 0 fully saturated rings. The van der Waals surface area contributed by atoms with E-state index >= 15 is 0 Å². The van der Waals surface area contributed by atoms with Gasteiger partial charge in [-0.25, -0.2) is 9.97 Å². The van der Waals surface area contributed by atoms with E-state index in [4.69, 9.17) is 11.6 Å². The topological polar surface area (TPSA) is 42.9 Å². The molecule has 3 nitrogen and oxygen atoms in total. The van der Waals surface area contributed by atoms with Crippen LogP contribution in [0.5, 0.6) is 0 Å². The van der Waals surface area contributed by atoms with Crippen molar-refractivity contribution in [3.05, 3.63) is 23.2 Å². The Morgan fingerprint density at radius 1 is 1.67 bits per heavy atom. The SMILES string of the molecule is O=Cc1cncnc1Cl. The molecule has 0 saturated heterocycles. The Hall–Kier alpha value is -0.960. The van der Waals surface area contributed by atoms with Crippen LogP contribution in [0.25, 0.3) is 0 Å². The third-order valence-corrected chi connectivity index (χ3v) is 1.13. The van der Waals surface area contributed by atoms with Gasteiger partial charge in [0.2, 0.25) is 0 Å². The summed E-state index contributed by atoms with van der Waals surface area (Å²) in [5.74, 6) is 0. The molecular weight excluding hydrogens is 140 g/mol. The van der Waals surface area contributed by atoms with E-state index in [0.717, 1.165) is 0 Å². The van der Waals surface area contributed by atoms with Crippen molar-refractivity contribution in [2.24, 2.45) is 0 Å². The summed E-state index contributed by atoms with van der Waals surface area (Å²) in [6, 6.07) is 0. The summed E-state index contributed by atoms with van der Waals surface area (Å²) in [6.07, 6.45) is 3.26. The van der Waals surface area contributed by atoms with E-state index in [2.05, 4.69) is 9.97 Å². The molecule has 1 aromatic heterocycles. The summed E-state index contributed by atoms with van der Waals surface area (Å²) in [7, 11) is 0. The minimum atomic E-state index is 0.194. The molecule has 1 aromatic rings. The number of hydrogen-bond acceptors (Lipinski definition) is 3. The van der Waals surface area contributed by atoms with Crippen molar-refractivity contribution in [2.75, 3.05) is 0 Å². The van der Waals surface area contributed by atoms with E-state index in [1.165, 1.54) is 12.5 Å². The third-order valence-electron chi connectivity index (χ3n) is 0.817. The van der Waals surface area contributed by atoms with Gasteiger partial charge < -0.3 is 0 Å². The number of carbonyl (C=O) groups excluding carboxylic acids is 1. The lowest BCUT2D eigenvalue weighted by molar-refractivity contribution is 0.112. The maximum atomic E-state index is 10.1. The highest BCUT2D eigenvalue weighted by atomic mass is 35.5. The molecule has 1 rings (SSSR count). The van der Waals surface area contributed by atoms with E-state index < -0.39 is 0 Å². The predicted octanol–water partition coefficient (Wildman–Crippen LogP) is 0.942. The molecule has 0 bridgehead atoms. The summed E-state index contributed by atoms with van der Waals surface area (Å²) in [5, 5.41) is 0.194. The molecule has 0 saturated carbocycles. The van der Waals surface area contributed by atoms with Gasteiger partial charge in [0.05, 0.1) is 5.56 Å². The maximum absolute atomic E-state index is 10.1. The summed E-state index contributed by atoms with van der Waals surface area (Å²) in [4.78, 5) is 17.2. The van der Waals surface area contributed by atoms with Crippen LogP contribution < -0.4 is 0 Å². The van der Waals surface area contributed by atoms with Crippen molar-refractivity contribution in [2.45, 2.75) is 0 Å². The Kier molecular flexibility index (Phi) is 1.75. The number of hydrogen-bond donors (Lipinski definition) is 0. The zero-order valence-corrected chi connectivity index (χ0v) is 5.17. The van der Waals surface area contributed by atoms with Gasteiger partial charge in [0.25, 0.3) is 0 Å². The van der Waals surface area contributed by atoms with Crippen LogP contribution >= 0.6 is 11.6 Å². The van der Waals surface area contributed by atoms with E-state index in [-0.39, 0.29) is 5.15 Å². The second-order valence-electron chi connectivity index (χ2n) is 1.39. The largest absolute Gasteiger partial charge is 0.298 e. The number of aromatic nitrogens is 2. The normalized spacial score (nSPS) is 9.00. The average molecular weight is 143 g/mol. The molecule has 0 amide bonds. The van der Waals surface area contributed by atoms with Crippen molar-refractivity contribution in [1.82, 2.24) is 9.97 Å². The first kappa shape index (κ1) is 6.16. The van der Waals surface area contributed by atoms with Crippen molar-refractivity contribution >= 4 is 17.9 Å². The van der Waals surface area contributed by atoms with Crippen LogP contribution in [-0.2, 0) is 0 Å². The van der Waals surface area contributed by atoms with Gasteiger partial charge in [-0.05, 0) is 0 Å². The Labute approximate surface area is 56.7 Å². The predicted molar refractivity (Wildman–Crippen MR) is 32.4 cm³/mol. The number of carbonyl (C=O) groups is 1. The Morgan fingerprint density at radius 2 is 2.44 bits per heavy atom. The quantitative estimate of drug-likeness (QED) is 0.433. The lowest BCUT2D eigenvalue weighted by atomic mass is 10.4. The molecular formula is C5H3ClN2O. The van der Waals surface area contributed by atoms with Crippen LogP contribution in [0.4, 0.5) is 0 Å². The van der Waals surface area contributed by atoms with Crippen molar-refractivity contribution in [1.29, 1.82) is 0 Å². The number of rotatable bonds is 1. The first-order chi connectivity index (χ1) is 4.34. The Bertz CT molecular complexity index is 226. The number of aldehydes is 1. The van der Waals surface area contributed by atoms with E-state index in [1.54, 1.807) is 0 Å². The lowest BCUT2D eigenvalue weighted by Crippen LogP contribution is -1.85. The first-order valence-electron chi connectivity index (χ1n) is 2.25. The summed E-state index contributed by atoms with van der Waals surface area (Å²) in [5.41, 5.74) is 0.319. The van der Waals surface area contributed by atoms with Gasteiger partial charge in [-0.2, -0.15) is 0 Å². The van der Waals surface area contributed by atoms with Crippen LogP contribution in [0.1, 0.15) is 10.4 Å². The average Bonchev–Trinajstić information content (AvgIpc) is 1.89. The van der Waals surface area contributed by atoms with Crippen LogP contribution in [0, 0.1) is 0 Å². The number of halogens is 1. The summed E-state index contributed by atoms with van der Waals surface area (Å²) < 4.78 is 0. The van der Waals surface area contributed by atoms with Crippen LogP contribution in [-0.4, -0.2) is 16.3 Å². The van der Waals surface area contributed by atoms with Crippen LogP contribution in [0.3, 0.4) is 0 Å². The zero-order chi connectivity index (χ0) is 6.69. The molecule has 0 aliphatic heterocycles. The first-order valence-corrected chi connectivity index (χ1v) is 2.63. The number of nitrogens with zero attached hydrogens (tertiary/aromatic N) is 2. The minimum absolute atomic E-state index is 0.194. The highest BCUT2D eigenvalue weighted by molar-refractivity contribution is 6.31. The second kappa shape index (κ2) is 2.55. The second-order valence-corrected chi connectivity index (χ2v) is 1.74. The van der Waals surface area contributed by atoms with Gasteiger partial charge in [-0.3, -0.25) is 4.79 Å². The van der Waals surface area contributed by atoms with Gasteiger partial charge in [0, 0.05) is 6.20 Å². The van der Waals surface area contributed by atoms with Gasteiger partial charge in [0.1, 0.15) is 11.5 Å². The molecule has 0 radical (unpaired) electrons. The van der Waals surface area contributed by atoms with E-state index in [1.807, 2.05) is 0 Å². The molecule has 0 aliphatic rings. The fourth-order valence-corrected chi connectivity index (χ4v) is 0.541. The van der Waals surface area contributed by atoms with Crippen LogP contribution in [0.15, 0.2) is 12.5 Å². The monoisotopic (exact) mass is 142 g/mol. The Morgan fingerprint density at radius 3 is 2.89 bits per heavy atom. The van der Waals surface area contributed by atoms with Crippen molar-refractivity contribution in [3.8, 4) is 0 Å². The van der Waals surface area contributed by atoms with E-state index in [0.29, 0.717) is 11.8 Å². The molecule has 46 valence electrons. The van der Waals surface area contributed by atoms with Gasteiger partial charge in [-0.1, -0.05) is 11.6 Å². The van der Waals surface area contributed by atoms with Crippen molar-refractivity contribution < 1.29 is 4.79 Å². The molecule has 0 unspecified atom stereocenters. The fourth-order valence-electron chi connectivity index (χ4n) is 0.405. The molecule has 0 atom stereocenters. The maximum Gasteiger partial charge on any atom is 0.154 e. The van der Waals surface area contributed by atoms with Gasteiger partial charge >= 0.3 is 0 Å². The van der Waals surface area contributed by atoms with Gasteiger partial charge in [0.15, 0.2) is 6.29 Å². The van der Waals surface area contributed by atoms with Crippen molar-refractivity contribution in [3.63, 3.8) is 0 Å². The molecule has 1 heterocycles. The standard InChI is InChI=1S/C5H3ClN2O/c6-5-4(2-9)1-7-3-8-5/h1-3H. The summed E-state index contributed by atoms with van der Waals surface area (Å²) >= 11 is 5.44. The highest BCUT2D eigenvalue weighted by Gasteiger charge is 1.95. The molecule has 4 heteroatoms. The zero-order valence-electron chi connectivity index (χ0n) is 4.41. The lowest BCUT2D eigenvalue weighted by Gasteiger charge is -1.88. The molecule has 0 N–H and O–H groups in total. The smallest absolute Gasteiger partial charge is 0.154 e. The molecule has 9 heavy (non-hydrogen) atoms. The molecule has 0 spiro atoms. The molecule has 0 aliphatic carbocycles. The van der Waals surface area contributed by atoms with Gasteiger partial charge in [-0.15, -0.1) is 0 Å². The third kappa shape index (κ3) is 1.23. The summed E-state index contributed by atoms with van der Waals surface area (Å²) in [6.45, 7) is 0. The van der Waals surface area contributed by atoms with Crippen LogP contribution in [0.2, 0.25) is 5.15 Å². The minimum Gasteiger partial charge on any atom is -0.298 e.